The number of nitrogens with zero attached hydrogens (tertiary/aromatic N) is 1. The van der Waals surface area contributed by atoms with Crippen molar-refractivity contribution in [2.45, 2.75) is 6.92 Å². The molecule has 5 nitrogen and oxygen atoms in total. The molecule has 0 radical (unpaired) electrons. The molecular formula is C15H13ClN4O. The maximum Gasteiger partial charge on any atom is 0.323 e. The zero-order valence-electron chi connectivity index (χ0n) is 11.3. The number of amides is 2. The number of nitrogen functional groups attached to an aromatic ring is 1. The highest BCUT2D eigenvalue weighted by molar-refractivity contribution is 6.31. The average Bonchev–Trinajstić information content (AvgIpc) is 2.44. The van der Waals surface area contributed by atoms with E-state index in [0.29, 0.717) is 27.6 Å². The number of halogens is 1. The van der Waals surface area contributed by atoms with Crippen LogP contribution in [-0.2, 0) is 0 Å². The van der Waals surface area contributed by atoms with Crippen molar-refractivity contribution >= 4 is 34.7 Å². The largest absolute Gasteiger partial charge is 0.399 e. The smallest absolute Gasteiger partial charge is 0.323 e. The molecule has 2 rings (SSSR count). The molecule has 2 amide bonds. The number of carbonyl (C=O) groups is 1. The molecule has 106 valence electrons. The van der Waals surface area contributed by atoms with E-state index in [0.717, 1.165) is 5.56 Å². The fourth-order valence-electron chi connectivity index (χ4n) is 1.72. The van der Waals surface area contributed by atoms with Crippen molar-refractivity contribution in [3.63, 3.8) is 0 Å². The van der Waals surface area contributed by atoms with Gasteiger partial charge in [-0.1, -0.05) is 17.7 Å². The van der Waals surface area contributed by atoms with Crippen LogP contribution in [0.25, 0.3) is 0 Å². The average molecular weight is 301 g/mol. The van der Waals surface area contributed by atoms with E-state index >= 15 is 0 Å². The van der Waals surface area contributed by atoms with Gasteiger partial charge in [-0.25, -0.2) is 4.79 Å². The van der Waals surface area contributed by atoms with E-state index in [4.69, 9.17) is 22.6 Å². The molecule has 0 saturated heterocycles. The Morgan fingerprint density at radius 2 is 2.00 bits per heavy atom. The number of rotatable bonds is 2. The molecule has 2 aromatic carbocycles. The van der Waals surface area contributed by atoms with Crippen molar-refractivity contribution in [3.8, 4) is 6.07 Å². The minimum absolute atomic E-state index is 0.298. The van der Waals surface area contributed by atoms with E-state index in [9.17, 15) is 4.79 Å². The number of urea groups is 1. The lowest BCUT2D eigenvalue weighted by molar-refractivity contribution is 0.262. The van der Waals surface area contributed by atoms with Crippen LogP contribution < -0.4 is 16.4 Å². The summed E-state index contributed by atoms with van der Waals surface area (Å²) in [5, 5.41) is 14.8. The Labute approximate surface area is 127 Å². The van der Waals surface area contributed by atoms with Gasteiger partial charge in [-0.15, -0.1) is 0 Å². The zero-order valence-corrected chi connectivity index (χ0v) is 12.0. The van der Waals surface area contributed by atoms with E-state index in [1.165, 1.54) is 6.07 Å². The Kier molecular flexibility index (Phi) is 4.31. The summed E-state index contributed by atoms with van der Waals surface area (Å²) in [5.74, 6) is 0. The topological polar surface area (TPSA) is 90.9 Å². The summed E-state index contributed by atoms with van der Waals surface area (Å²) < 4.78 is 0. The Hall–Kier alpha value is -2.71. The fraction of sp³-hybridized carbons (Fsp3) is 0.0667. The predicted molar refractivity (Wildman–Crippen MR) is 84.4 cm³/mol. The molecule has 0 unspecified atom stereocenters. The van der Waals surface area contributed by atoms with Crippen LogP contribution >= 0.6 is 11.6 Å². The molecule has 0 saturated carbocycles. The molecule has 6 heteroatoms. The summed E-state index contributed by atoms with van der Waals surface area (Å²) in [6.45, 7) is 1.87. The number of aryl methyl sites for hydroxylation is 1. The third-order valence-electron chi connectivity index (χ3n) is 2.84. The van der Waals surface area contributed by atoms with E-state index in [2.05, 4.69) is 10.6 Å². The first kappa shape index (κ1) is 14.7. The van der Waals surface area contributed by atoms with Crippen molar-refractivity contribution < 1.29 is 4.79 Å². The number of benzene rings is 2. The highest BCUT2D eigenvalue weighted by Crippen LogP contribution is 2.21. The van der Waals surface area contributed by atoms with Gasteiger partial charge in [0, 0.05) is 16.4 Å². The molecule has 21 heavy (non-hydrogen) atoms. The predicted octanol–water partition coefficient (Wildman–Crippen LogP) is 3.75. The number of carbonyl (C=O) groups excluding carboxylic acids is 1. The third kappa shape index (κ3) is 3.65. The van der Waals surface area contributed by atoms with E-state index in [1.807, 2.05) is 19.1 Å². The van der Waals surface area contributed by atoms with Gasteiger partial charge in [-0.2, -0.15) is 5.26 Å². The molecule has 0 aromatic heterocycles. The first-order valence-electron chi connectivity index (χ1n) is 6.13. The normalized spacial score (nSPS) is 9.76. The molecule has 4 N–H and O–H groups in total. The second kappa shape index (κ2) is 6.16. The van der Waals surface area contributed by atoms with Gasteiger partial charge in [0.1, 0.15) is 6.07 Å². The van der Waals surface area contributed by atoms with Crippen LogP contribution in [0.1, 0.15) is 11.1 Å². The van der Waals surface area contributed by atoms with Gasteiger partial charge in [0.25, 0.3) is 0 Å². The second-order valence-corrected chi connectivity index (χ2v) is 4.87. The molecule has 0 atom stereocenters. The highest BCUT2D eigenvalue weighted by atomic mass is 35.5. The Morgan fingerprint density at radius 3 is 2.67 bits per heavy atom. The first-order valence-corrected chi connectivity index (χ1v) is 6.51. The lowest BCUT2D eigenvalue weighted by atomic mass is 10.2. The van der Waals surface area contributed by atoms with E-state index in [1.54, 1.807) is 24.3 Å². The molecule has 0 heterocycles. The minimum atomic E-state index is -0.462. The summed E-state index contributed by atoms with van der Waals surface area (Å²) in [6, 6.07) is 11.4. The maximum atomic E-state index is 11.9. The minimum Gasteiger partial charge on any atom is -0.399 e. The zero-order chi connectivity index (χ0) is 15.4. The lowest BCUT2D eigenvalue weighted by Crippen LogP contribution is -2.20. The van der Waals surface area contributed by atoms with Crippen molar-refractivity contribution in [1.29, 1.82) is 5.26 Å². The Bertz CT molecular complexity index is 737. The number of nitrogens with one attached hydrogen (secondary N) is 2. The number of nitriles is 1. The third-order valence-corrected chi connectivity index (χ3v) is 3.25. The van der Waals surface area contributed by atoms with Crippen LogP contribution in [-0.4, -0.2) is 6.03 Å². The maximum absolute atomic E-state index is 11.9. The van der Waals surface area contributed by atoms with Crippen LogP contribution in [0.15, 0.2) is 36.4 Å². The summed E-state index contributed by atoms with van der Waals surface area (Å²) in [5.41, 5.74) is 8.24. The second-order valence-electron chi connectivity index (χ2n) is 4.46. The first-order chi connectivity index (χ1) is 9.99. The Morgan fingerprint density at radius 1 is 1.24 bits per heavy atom. The van der Waals surface area contributed by atoms with Gasteiger partial charge >= 0.3 is 6.03 Å². The number of anilines is 3. The van der Waals surface area contributed by atoms with Crippen molar-refractivity contribution in [2.75, 3.05) is 16.4 Å². The molecule has 2 aromatic rings. The van der Waals surface area contributed by atoms with Gasteiger partial charge in [0.05, 0.1) is 11.3 Å². The molecule has 0 spiro atoms. The van der Waals surface area contributed by atoms with Gasteiger partial charge in [-0.05, 0) is 42.8 Å². The van der Waals surface area contributed by atoms with Gasteiger partial charge in [0.15, 0.2) is 0 Å². The molecule has 0 bridgehead atoms. The molecule has 0 aliphatic rings. The quantitative estimate of drug-likeness (QED) is 0.738. The number of hydrogen-bond acceptors (Lipinski definition) is 3. The van der Waals surface area contributed by atoms with Crippen molar-refractivity contribution in [2.24, 2.45) is 0 Å². The van der Waals surface area contributed by atoms with Crippen LogP contribution in [0, 0.1) is 18.3 Å². The van der Waals surface area contributed by atoms with Crippen LogP contribution in [0.4, 0.5) is 21.9 Å². The van der Waals surface area contributed by atoms with E-state index < -0.39 is 6.03 Å². The summed E-state index contributed by atoms with van der Waals surface area (Å²) in [6.07, 6.45) is 0. The number of hydrogen-bond donors (Lipinski definition) is 3. The van der Waals surface area contributed by atoms with Crippen LogP contribution in [0.2, 0.25) is 5.02 Å². The van der Waals surface area contributed by atoms with Gasteiger partial charge in [-0.3, -0.25) is 0 Å². The summed E-state index contributed by atoms with van der Waals surface area (Å²) >= 11 is 5.99. The van der Waals surface area contributed by atoms with Crippen LogP contribution in [0.5, 0.6) is 0 Å². The van der Waals surface area contributed by atoms with Gasteiger partial charge < -0.3 is 16.4 Å². The molecule has 0 aliphatic heterocycles. The van der Waals surface area contributed by atoms with Crippen molar-refractivity contribution in [1.82, 2.24) is 0 Å². The standard InChI is InChI=1S/C15H13ClN4O/c1-9-2-4-12(7-13(9)16)19-15(21)20-14-5-3-11(18)6-10(14)8-17/h2-7H,18H2,1H3,(H2,19,20,21). The summed E-state index contributed by atoms with van der Waals surface area (Å²) in [7, 11) is 0. The SMILES string of the molecule is Cc1ccc(NC(=O)Nc2ccc(N)cc2C#N)cc1Cl. The highest BCUT2D eigenvalue weighted by Gasteiger charge is 2.08. The van der Waals surface area contributed by atoms with E-state index in [-0.39, 0.29) is 0 Å². The fourth-order valence-corrected chi connectivity index (χ4v) is 1.90. The molecular weight excluding hydrogens is 288 g/mol. The van der Waals surface area contributed by atoms with Crippen LogP contribution in [0.3, 0.4) is 0 Å². The number of nitrogens with two attached hydrogens (primary N) is 1. The summed E-state index contributed by atoms with van der Waals surface area (Å²) in [4.78, 5) is 11.9. The molecule has 0 aliphatic carbocycles. The Balaban J connectivity index is 2.12. The monoisotopic (exact) mass is 300 g/mol. The van der Waals surface area contributed by atoms with Crippen molar-refractivity contribution in [3.05, 3.63) is 52.5 Å². The van der Waals surface area contributed by atoms with Gasteiger partial charge in [0.2, 0.25) is 0 Å². The molecule has 0 fully saturated rings. The lowest BCUT2D eigenvalue weighted by Gasteiger charge is -2.10.